The van der Waals surface area contributed by atoms with Gasteiger partial charge in [0, 0.05) is 17.1 Å². The molecular weight excluding hydrogens is 292 g/mol. The van der Waals surface area contributed by atoms with Gasteiger partial charge in [-0.25, -0.2) is 4.98 Å². The van der Waals surface area contributed by atoms with E-state index in [4.69, 9.17) is 14.2 Å². The maximum Gasteiger partial charge on any atom is 0.257 e. The fourth-order valence-electron chi connectivity index (χ4n) is 1.75. The average Bonchev–Trinajstić information content (AvgIpc) is 3.00. The molecule has 0 aliphatic heterocycles. The zero-order chi connectivity index (χ0) is 15.2. The lowest BCUT2D eigenvalue weighted by molar-refractivity contribution is 0.102. The molecule has 1 aromatic carbocycles. The molecule has 0 spiro atoms. The summed E-state index contributed by atoms with van der Waals surface area (Å²) < 4.78 is 16.0. The molecule has 0 unspecified atom stereocenters. The number of aromatic nitrogens is 1. The lowest BCUT2D eigenvalue weighted by atomic mass is 10.1. The molecule has 2 rings (SSSR count). The van der Waals surface area contributed by atoms with E-state index in [-0.39, 0.29) is 5.91 Å². The lowest BCUT2D eigenvalue weighted by Gasteiger charge is -2.14. The van der Waals surface area contributed by atoms with Crippen LogP contribution in [0.25, 0.3) is 0 Å². The zero-order valence-electron chi connectivity index (χ0n) is 12.0. The van der Waals surface area contributed by atoms with Gasteiger partial charge >= 0.3 is 0 Å². The Balaban J connectivity index is 2.33. The number of carbonyl (C=O) groups is 1. The second-order valence-corrected chi connectivity index (χ2v) is 4.83. The van der Waals surface area contributed by atoms with Gasteiger partial charge in [0.1, 0.15) is 0 Å². The van der Waals surface area contributed by atoms with Gasteiger partial charge in [-0.15, -0.1) is 11.3 Å². The molecule has 0 bridgehead atoms. The number of ether oxygens (including phenoxy) is 3. The molecule has 0 fully saturated rings. The molecule has 1 aromatic heterocycles. The summed E-state index contributed by atoms with van der Waals surface area (Å²) in [5.41, 5.74) is 0.405. The highest BCUT2D eigenvalue weighted by Crippen LogP contribution is 2.38. The zero-order valence-corrected chi connectivity index (χ0v) is 12.8. The van der Waals surface area contributed by atoms with E-state index in [0.717, 1.165) is 0 Å². The molecule has 0 atom stereocenters. The van der Waals surface area contributed by atoms with Crippen LogP contribution in [0.3, 0.4) is 0 Å². The Kier molecular flexibility index (Phi) is 4.99. The van der Waals surface area contributed by atoms with Crippen LogP contribution >= 0.6 is 11.3 Å². The molecule has 0 aliphatic rings. The molecule has 2 aromatic rings. The van der Waals surface area contributed by atoms with Crippen molar-refractivity contribution in [3.8, 4) is 17.2 Å². The fraction of sp³-hybridized carbons (Fsp3) is 0.286. The topological polar surface area (TPSA) is 69.7 Å². The second-order valence-electron chi connectivity index (χ2n) is 3.93. The summed E-state index contributed by atoms with van der Waals surface area (Å²) in [7, 11) is 3.03. The second kappa shape index (κ2) is 6.94. The van der Waals surface area contributed by atoms with Gasteiger partial charge in [0.05, 0.1) is 20.8 Å². The van der Waals surface area contributed by atoms with Crippen molar-refractivity contribution in [3.05, 3.63) is 29.3 Å². The Hall–Kier alpha value is -2.28. The van der Waals surface area contributed by atoms with Gasteiger partial charge in [-0.3, -0.25) is 10.1 Å². The molecular formula is C14H16N2O4S. The quantitative estimate of drug-likeness (QED) is 0.888. The van der Waals surface area contributed by atoms with Crippen molar-refractivity contribution < 1.29 is 19.0 Å². The molecule has 6 nitrogen and oxygen atoms in total. The monoisotopic (exact) mass is 308 g/mol. The fourth-order valence-corrected chi connectivity index (χ4v) is 2.28. The number of methoxy groups -OCH3 is 2. The van der Waals surface area contributed by atoms with Crippen molar-refractivity contribution >= 4 is 22.4 Å². The third-order valence-electron chi connectivity index (χ3n) is 2.66. The number of nitrogens with zero attached hydrogens (tertiary/aromatic N) is 1. The Morgan fingerprint density at radius 2 is 1.95 bits per heavy atom. The van der Waals surface area contributed by atoms with Crippen LogP contribution in [0.5, 0.6) is 17.2 Å². The third-order valence-corrected chi connectivity index (χ3v) is 3.35. The first kappa shape index (κ1) is 15.1. The van der Waals surface area contributed by atoms with Crippen molar-refractivity contribution in [2.75, 3.05) is 26.1 Å². The molecule has 21 heavy (non-hydrogen) atoms. The molecule has 1 amide bonds. The van der Waals surface area contributed by atoms with Crippen LogP contribution < -0.4 is 19.5 Å². The molecule has 0 saturated heterocycles. The van der Waals surface area contributed by atoms with E-state index in [1.807, 2.05) is 6.92 Å². The van der Waals surface area contributed by atoms with Gasteiger partial charge in [0.25, 0.3) is 5.91 Å². The van der Waals surface area contributed by atoms with Crippen LogP contribution in [0, 0.1) is 0 Å². The predicted molar refractivity (Wildman–Crippen MR) is 80.8 cm³/mol. The number of carbonyl (C=O) groups excluding carboxylic acids is 1. The molecule has 0 saturated carbocycles. The summed E-state index contributed by atoms with van der Waals surface area (Å²) in [4.78, 5) is 16.2. The SMILES string of the molecule is CCOc1c(OC)cc(C(=O)Nc2nccs2)cc1OC. The van der Waals surface area contributed by atoms with E-state index in [2.05, 4.69) is 10.3 Å². The molecule has 0 radical (unpaired) electrons. The summed E-state index contributed by atoms with van der Waals surface area (Å²) in [6.07, 6.45) is 1.62. The van der Waals surface area contributed by atoms with Crippen molar-refractivity contribution in [2.45, 2.75) is 6.92 Å². The molecule has 1 N–H and O–H groups in total. The van der Waals surface area contributed by atoms with Crippen molar-refractivity contribution in [1.82, 2.24) is 4.98 Å². The van der Waals surface area contributed by atoms with E-state index < -0.39 is 0 Å². The number of nitrogens with one attached hydrogen (secondary N) is 1. The first-order valence-electron chi connectivity index (χ1n) is 6.29. The Labute approximate surface area is 126 Å². The van der Waals surface area contributed by atoms with Gasteiger partial charge in [0.2, 0.25) is 5.75 Å². The average molecular weight is 308 g/mol. The predicted octanol–water partition coefficient (Wildman–Crippen LogP) is 2.81. The summed E-state index contributed by atoms with van der Waals surface area (Å²) in [6, 6.07) is 3.22. The van der Waals surface area contributed by atoms with Crippen molar-refractivity contribution in [1.29, 1.82) is 0 Å². The van der Waals surface area contributed by atoms with Crippen LogP contribution in [0.15, 0.2) is 23.7 Å². The number of amides is 1. The highest BCUT2D eigenvalue weighted by atomic mass is 32.1. The van der Waals surface area contributed by atoms with Gasteiger partial charge in [-0.05, 0) is 19.1 Å². The first-order chi connectivity index (χ1) is 10.2. The van der Waals surface area contributed by atoms with Gasteiger partial charge < -0.3 is 14.2 Å². The van der Waals surface area contributed by atoms with Crippen molar-refractivity contribution in [2.24, 2.45) is 0 Å². The minimum atomic E-state index is -0.287. The van der Waals surface area contributed by atoms with Crippen LogP contribution in [-0.4, -0.2) is 31.7 Å². The normalized spacial score (nSPS) is 10.0. The standard InChI is InChI=1S/C14H16N2O4S/c1-4-20-12-10(18-2)7-9(8-11(12)19-3)13(17)16-14-15-5-6-21-14/h5-8H,4H2,1-3H3,(H,15,16,17). The maximum atomic E-state index is 12.2. The Morgan fingerprint density at radius 3 is 2.43 bits per heavy atom. The summed E-state index contributed by atoms with van der Waals surface area (Å²) in [5.74, 6) is 1.08. The maximum absolute atomic E-state index is 12.2. The van der Waals surface area contributed by atoms with Gasteiger partial charge in [0.15, 0.2) is 16.6 Å². The summed E-state index contributed by atoms with van der Waals surface area (Å²) in [6.45, 7) is 2.33. The summed E-state index contributed by atoms with van der Waals surface area (Å²) >= 11 is 1.35. The minimum absolute atomic E-state index is 0.287. The number of thiazole rings is 1. The van der Waals surface area contributed by atoms with Crippen LogP contribution in [0.2, 0.25) is 0 Å². The number of benzene rings is 1. The lowest BCUT2D eigenvalue weighted by Crippen LogP contribution is -2.12. The number of hydrogen-bond acceptors (Lipinski definition) is 6. The van der Waals surface area contributed by atoms with E-state index in [0.29, 0.717) is 34.6 Å². The molecule has 0 aliphatic carbocycles. The number of rotatable bonds is 6. The van der Waals surface area contributed by atoms with Gasteiger partial charge in [-0.2, -0.15) is 0 Å². The largest absolute Gasteiger partial charge is 0.493 e. The van der Waals surface area contributed by atoms with Gasteiger partial charge in [-0.1, -0.05) is 0 Å². The highest BCUT2D eigenvalue weighted by Gasteiger charge is 2.17. The van der Waals surface area contributed by atoms with E-state index in [9.17, 15) is 4.79 Å². The van der Waals surface area contributed by atoms with E-state index in [1.54, 1.807) is 23.7 Å². The van der Waals surface area contributed by atoms with Crippen LogP contribution in [0.1, 0.15) is 17.3 Å². The Bertz CT molecular complexity index is 588. The third kappa shape index (κ3) is 3.43. The van der Waals surface area contributed by atoms with Crippen LogP contribution in [0.4, 0.5) is 5.13 Å². The van der Waals surface area contributed by atoms with Crippen LogP contribution in [-0.2, 0) is 0 Å². The molecule has 112 valence electrons. The molecule has 1 heterocycles. The van der Waals surface area contributed by atoms with Crippen molar-refractivity contribution in [3.63, 3.8) is 0 Å². The highest BCUT2D eigenvalue weighted by molar-refractivity contribution is 7.13. The van der Waals surface area contributed by atoms with E-state index in [1.165, 1.54) is 25.6 Å². The van der Waals surface area contributed by atoms with E-state index >= 15 is 0 Å². The minimum Gasteiger partial charge on any atom is -0.493 e. The Morgan fingerprint density at radius 1 is 1.29 bits per heavy atom. The molecule has 7 heteroatoms. The smallest absolute Gasteiger partial charge is 0.257 e. The number of anilines is 1. The number of hydrogen-bond donors (Lipinski definition) is 1. The summed E-state index contributed by atoms with van der Waals surface area (Å²) in [5, 5.41) is 5.03. The first-order valence-corrected chi connectivity index (χ1v) is 7.17.